The van der Waals surface area contributed by atoms with Gasteiger partial charge in [-0.15, -0.1) is 0 Å². The van der Waals surface area contributed by atoms with Crippen molar-refractivity contribution in [2.24, 2.45) is 4.99 Å². The van der Waals surface area contributed by atoms with Crippen molar-refractivity contribution in [2.75, 3.05) is 7.05 Å². The van der Waals surface area contributed by atoms with Crippen LogP contribution in [0.15, 0.2) is 29.2 Å². The number of nitrogens with zero attached hydrogens (tertiary/aromatic N) is 1. The lowest BCUT2D eigenvalue weighted by atomic mass is 9.74. The number of amides is 1. The van der Waals surface area contributed by atoms with Crippen molar-refractivity contribution in [3.8, 4) is 0 Å². The standard InChI is InChI=1S/C9H15BN2O2/c1-5-6-7(2)10(14)12-9(13)8(3)11-4/h5-6,14H,1H2,2-4H3,(H,12,13)/b7-6+,11-8?. The van der Waals surface area contributed by atoms with E-state index in [1.54, 1.807) is 26.0 Å². The average Bonchev–Trinajstić information content (AvgIpc) is 2.16. The van der Waals surface area contributed by atoms with Crippen molar-refractivity contribution in [1.29, 1.82) is 0 Å². The Morgan fingerprint density at radius 2 is 2.14 bits per heavy atom. The van der Waals surface area contributed by atoms with Gasteiger partial charge in [-0.3, -0.25) is 9.79 Å². The van der Waals surface area contributed by atoms with Gasteiger partial charge < -0.3 is 10.3 Å². The van der Waals surface area contributed by atoms with Crippen molar-refractivity contribution in [3.05, 3.63) is 24.2 Å². The van der Waals surface area contributed by atoms with Gasteiger partial charge in [0.2, 0.25) is 0 Å². The van der Waals surface area contributed by atoms with E-state index >= 15 is 0 Å². The quantitative estimate of drug-likeness (QED) is 0.385. The number of nitrogens with one attached hydrogen (secondary N) is 1. The van der Waals surface area contributed by atoms with Crippen molar-refractivity contribution in [3.63, 3.8) is 0 Å². The third-order valence-corrected chi connectivity index (χ3v) is 1.74. The lowest BCUT2D eigenvalue weighted by molar-refractivity contribution is -0.113. The summed E-state index contributed by atoms with van der Waals surface area (Å²) >= 11 is 0. The van der Waals surface area contributed by atoms with E-state index in [0.29, 0.717) is 11.2 Å². The van der Waals surface area contributed by atoms with Crippen molar-refractivity contribution >= 4 is 18.7 Å². The molecular weight excluding hydrogens is 179 g/mol. The van der Waals surface area contributed by atoms with Crippen LogP contribution in [0.1, 0.15) is 13.8 Å². The van der Waals surface area contributed by atoms with Gasteiger partial charge in [-0.05, 0) is 13.8 Å². The Kier molecular flexibility index (Phi) is 5.56. The smallest absolute Gasteiger partial charge is 0.429 e. The molecule has 0 saturated carbocycles. The molecule has 14 heavy (non-hydrogen) atoms. The van der Waals surface area contributed by atoms with E-state index < -0.39 is 7.05 Å². The van der Waals surface area contributed by atoms with E-state index in [9.17, 15) is 9.82 Å². The SMILES string of the molecule is C=C/C=C(\C)B(O)NC(=O)C(C)=NC. The number of carbonyl (C=O) groups excluding carboxylic acids is 1. The highest BCUT2D eigenvalue weighted by molar-refractivity contribution is 6.63. The third-order valence-electron chi connectivity index (χ3n) is 1.74. The maximum atomic E-state index is 11.2. The molecule has 0 aromatic carbocycles. The molecule has 0 aliphatic rings. The van der Waals surface area contributed by atoms with Gasteiger partial charge in [-0.25, -0.2) is 0 Å². The molecule has 0 heterocycles. The van der Waals surface area contributed by atoms with E-state index in [2.05, 4.69) is 16.8 Å². The Balaban J connectivity index is 4.33. The van der Waals surface area contributed by atoms with Crippen LogP contribution >= 0.6 is 0 Å². The zero-order valence-corrected chi connectivity index (χ0v) is 8.74. The Labute approximate surface area is 84.6 Å². The molecule has 0 rings (SSSR count). The Morgan fingerprint density at radius 1 is 1.57 bits per heavy atom. The maximum Gasteiger partial charge on any atom is 0.444 e. The van der Waals surface area contributed by atoms with Crippen LogP contribution in [-0.4, -0.2) is 30.7 Å². The van der Waals surface area contributed by atoms with Gasteiger partial charge in [0.05, 0.1) is 5.71 Å². The van der Waals surface area contributed by atoms with E-state index in [1.807, 2.05) is 0 Å². The van der Waals surface area contributed by atoms with Gasteiger partial charge in [0.25, 0.3) is 5.91 Å². The third kappa shape index (κ3) is 4.05. The lowest BCUT2D eigenvalue weighted by Gasteiger charge is -2.08. The summed E-state index contributed by atoms with van der Waals surface area (Å²) in [5, 5.41) is 11.8. The molecule has 2 N–H and O–H groups in total. The molecule has 0 bridgehead atoms. The van der Waals surface area contributed by atoms with Crippen LogP contribution in [0.2, 0.25) is 0 Å². The predicted octanol–water partition coefficient (Wildman–Crippen LogP) is 0.345. The fraction of sp³-hybridized carbons (Fsp3) is 0.333. The van der Waals surface area contributed by atoms with Gasteiger partial charge in [0, 0.05) is 7.05 Å². The molecule has 0 unspecified atom stereocenters. The summed E-state index contributed by atoms with van der Waals surface area (Å²) in [5.74, 6) is -0.378. The zero-order valence-electron chi connectivity index (χ0n) is 8.74. The highest BCUT2D eigenvalue weighted by atomic mass is 16.2. The van der Waals surface area contributed by atoms with E-state index in [0.717, 1.165) is 0 Å². The molecule has 76 valence electrons. The Bertz CT molecular complexity index is 285. The summed E-state index contributed by atoms with van der Waals surface area (Å²) in [5.41, 5.74) is 0.952. The second kappa shape index (κ2) is 6.15. The topological polar surface area (TPSA) is 61.7 Å². The number of aliphatic imine (C=N–C) groups is 1. The minimum absolute atomic E-state index is 0.329. The highest BCUT2D eigenvalue weighted by Gasteiger charge is 2.17. The van der Waals surface area contributed by atoms with Crippen LogP contribution in [-0.2, 0) is 4.79 Å². The monoisotopic (exact) mass is 194 g/mol. The second-order valence-corrected chi connectivity index (χ2v) is 2.83. The first-order valence-electron chi connectivity index (χ1n) is 4.24. The average molecular weight is 194 g/mol. The Hall–Kier alpha value is -1.36. The first-order chi connectivity index (χ1) is 6.52. The number of rotatable bonds is 4. The second-order valence-electron chi connectivity index (χ2n) is 2.83. The minimum Gasteiger partial charge on any atom is -0.429 e. The molecule has 0 atom stereocenters. The summed E-state index contributed by atoms with van der Waals surface area (Å²) in [6.07, 6.45) is 3.18. The summed E-state index contributed by atoms with van der Waals surface area (Å²) in [6, 6.07) is 0. The van der Waals surface area contributed by atoms with Crippen LogP contribution < -0.4 is 5.23 Å². The largest absolute Gasteiger partial charge is 0.444 e. The van der Waals surface area contributed by atoms with Gasteiger partial charge in [-0.2, -0.15) is 0 Å². The maximum absolute atomic E-state index is 11.2. The lowest BCUT2D eigenvalue weighted by Crippen LogP contribution is -2.43. The highest BCUT2D eigenvalue weighted by Crippen LogP contribution is 1.94. The van der Waals surface area contributed by atoms with Crippen LogP contribution in [0.25, 0.3) is 0 Å². The zero-order chi connectivity index (χ0) is 11.1. The van der Waals surface area contributed by atoms with Crippen LogP contribution in [0, 0.1) is 0 Å². The number of hydrogen-bond acceptors (Lipinski definition) is 3. The molecule has 0 aliphatic heterocycles. The molecule has 0 radical (unpaired) electrons. The van der Waals surface area contributed by atoms with E-state index in [4.69, 9.17) is 0 Å². The molecule has 0 spiro atoms. The van der Waals surface area contributed by atoms with E-state index in [1.165, 1.54) is 7.05 Å². The summed E-state index contributed by atoms with van der Waals surface area (Å²) in [6.45, 7) is 6.77. The number of carbonyl (C=O) groups is 1. The molecular formula is C9H15BN2O2. The molecule has 1 amide bonds. The van der Waals surface area contributed by atoms with Crippen molar-refractivity contribution in [1.82, 2.24) is 5.23 Å². The molecule has 0 aromatic rings. The molecule has 0 saturated heterocycles. The normalized spacial score (nSPS) is 12.3. The molecule has 0 aromatic heterocycles. The first kappa shape index (κ1) is 12.6. The fourth-order valence-corrected chi connectivity index (χ4v) is 0.721. The molecule has 4 nitrogen and oxygen atoms in total. The van der Waals surface area contributed by atoms with Gasteiger partial charge in [0.1, 0.15) is 0 Å². The van der Waals surface area contributed by atoms with E-state index in [-0.39, 0.29) is 5.91 Å². The fourth-order valence-electron chi connectivity index (χ4n) is 0.721. The minimum atomic E-state index is -0.989. The van der Waals surface area contributed by atoms with Crippen molar-refractivity contribution in [2.45, 2.75) is 13.8 Å². The molecule has 5 heteroatoms. The summed E-state index contributed by atoms with van der Waals surface area (Å²) in [4.78, 5) is 14.9. The Morgan fingerprint density at radius 3 is 2.57 bits per heavy atom. The van der Waals surface area contributed by atoms with Gasteiger partial charge in [-0.1, -0.05) is 24.2 Å². The van der Waals surface area contributed by atoms with Crippen molar-refractivity contribution < 1.29 is 9.82 Å². The van der Waals surface area contributed by atoms with Crippen LogP contribution in [0.5, 0.6) is 0 Å². The summed E-state index contributed by atoms with van der Waals surface area (Å²) in [7, 11) is 0.533. The number of allylic oxidation sites excluding steroid dienone is 3. The molecule has 0 fully saturated rings. The van der Waals surface area contributed by atoms with Crippen LogP contribution in [0.4, 0.5) is 0 Å². The van der Waals surface area contributed by atoms with Crippen LogP contribution in [0.3, 0.4) is 0 Å². The first-order valence-corrected chi connectivity index (χ1v) is 4.24. The summed E-state index contributed by atoms with van der Waals surface area (Å²) < 4.78 is 0. The predicted molar refractivity (Wildman–Crippen MR) is 59.1 cm³/mol. The number of hydrogen-bond donors (Lipinski definition) is 2. The van der Waals surface area contributed by atoms with Gasteiger partial charge >= 0.3 is 7.05 Å². The van der Waals surface area contributed by atoms with Gasteiger partial charge in [0.15, 0.2) is 0 Å². The molecule has 0 aliphatic carbocycles.